The van der Waals surface area contributed by atoms with Crippen LogP contribution in [0.15, 0.2) is 48.5 Å². The van der Waals surface area contributed by atoms with Gasteiger partial charge in [0.1, 0.15) is 0 Å². The van der Waals surface area contributed by atoms with E-state index in [1.54, 1.807) is 0 Å². The van der Waals surface area contributed by atoms with E-state index in [0.29, 0.717) is 5.11 Å². The molecule has 0 spiro atoms. The van der Waals surface area contributed by atoms with Crippen molar-refractivity contribution in [1.29, 1.82) is 0 Å². The number of anilines is 1. The highest BCUT2D eigenvalue weighted by atomic mass is 32.1. The van der Waals surface area contributed by atoms with E-state index < -0.39 is 0 Å². The number of para-hydroxylation sites is 1. The van der Waals surface area contributed by atoms with E-state index in [4.69, 9.17) is 12.2 Å². The zero-order valence-corrected chi connectivity index (χ0v) is 13.6. The van der Waals surface area contributed by atoms with Gasteiger partial charge in [-0.15, -0.1) is 0 Å². The molecule has 2 aromatic rings. The van der Waals surface area contributed by atoms with Crippen molar-refractivity contribution >= 4 is 23.0 Å². The van der Waals surface area contributed by atoms with E-state index in [-0.39, 0.29) is 6.04 Å². The Morgan fingerprint density at radius 3 is 2.38 bits per heavy atom. The van der Waals surface area contributed by atoms with Crippen LogP contribution in [-0.4, -0.2) is 5.11 Å². The summed E-state index contributed by atoms with van der Waals surface area (Å²) in [4.78, 5) is 0. The van der Waals surface area contributed by atoms with Gasteiger partial charge in [-0.3, -0.25) is 0 Å². The normalized spacial score (nSPS) is 11.8. The van der Waals surface area contributed by atoms with Crippen molar-refractivity contribution in [1.82, 2.24) is 5.32 Å². The van der Waals surface area contributed by atoms with Gasteiger partial charge in [0.25, 0.3) is 0 Å². The van der Waals surface area contributed by atoms with E-state index in [2.05, 4.69) is 61.7 Å². The van der Waals surface area contributed by atoms with Gasteiger partial charge in [0, 0.05) is 5.69 Å². The maximum Gasteiger partial charge on any atom is 0.171 e. The minimum atomic E-state index is 0.180. The van der Waals surface area contributed by atoms with Gasteiger partial charge in [0.2, 0.25) is 0 Å². The van der Waals surface area contributed by atoms with Crippen molar-refractivity contribution < 1.29 is 0 Å². The summed E-state index contributed by atoms with van der Waals surface area (Å²) in [6, 6.07) is 17.0. The molecule has 3 heteroatoms. The lowest BCUT2D eigenvalue weighted by molar-refractivity contribution is 0.722. The van der Waals surface area contributed by atoms with Crippen LogP contribution in [0, 0.1) is 6.92 Å². The fourth-order valence-electron chi connectivity index (χ4n) is 2.19. The van der Waals surface area contributed by atoms with Crippen molar-refractivity contribution in [3.8, 4) is 0 Å². The summed E-state index contributed by atoms with van der Waals surface area (Å²) < 4.78 is 0. The number of nitrogens with one attached hydrogen (secondary N) is 2. The molecule has 1 atom stereocenters. The van der Waals surface area contributed by atoms with Crippen LogP contribution in [0.2, 0.25) is 0 Å². The average Bonchev–Trinajstić information content (AvgIpc) is 2.49. The first-order valence-corrected chi connectivity index (χ1v) is 7.73. The van der Waals surface area contributed by atoms with E-state index in [0.717, 1.165) is 12.1 Å². The van der Waals surface area contributed by atoms with Crippen LogP contribution < -0.4 is 10.6 Å². The Labute approximate surface area is 132 Å². The van der Waals surface area contributed by atoms with E-state index >= 15 is 0 Å². The van der Waals surface area contributed by atoms with Gasteiger partial charge in [0.15, 0.2) is 5.11 Å². The fourth-order valence-corrected chi connectivity index (χ4v) is 2.48. The van der Waals surface area contributed by atoms with E-state index in [1.807, 2.05) is 18.2 Å². The summed E-state index contributed by atoms with van der Waals surface area (Å²) in [5, 5.41) is 7.23. The minimum Gasteiger partial charge on any atom is -0.356 e. The van der Waals surface area contributed by atoms with Crippen LogP contribution in [-0.2, 0) is 6.42 Å². The number of rotatable bonds is 4. The lowest BCUT2D eigenvalue weighted by atomic mass is 10.1. The smallest absolute Gasteiger partial charge is 0.171 e. The molecule has 0 radical (unpaired) electrons. The Morgan fingerprint density at radius 2 is 1.76 bits per heavy atom. The van der Waals surface area contributed by atoms with Crippen molar-refractivity contribution in [2.45, 2.75) is 33.2 Å². The molecule has 0 aromatic heterocycles. The Kier molecular flexibility index (Phi) is 5.34. The molecule has 0 saturated heterocycles. The summed E-state index contributed by atoms with van der Waals surface area (Å²) in [6.45, 7) is 6.35. The molecule has 2 nitrogen and oxygen atoms in total. The molecule has 2 rings (SSSR count). The maximum atomic E-state index is 5.40. The molecule has 0 saturated carbocycles. The van der Waals surface area contributed by atoms with Crippen molar-refractivity contribution in [3.05, 3.63) is 65.2 Å². The number of aryl methyl sites for hydroxylation is 2. The van der Waals surface area contributed by atoms with Gasteiger partial charge in [-0.05, 0) is 55.2 Å². The molecule has 0 aliphatic heterocycles. The summed E-state index contributed by atoms with van der Waals surface area (Å²) in [5.74, 6) is 0. The molecule has 0 fully saturated rings. The zero-order chi connectivity index (χ0) is 15.2. The van der Waals surface area contributed by atoms with Gasteiger partial charge >= 0.3 is 0 Å². The Hall–Kier alpha value is -1.87. The van der Waals surface area contributed by atoms with Crippen molar-refractivity contribution in [2.75, 3.05) is 5.32 Å². The number of thiocarbonyl (C=S) groups is 1. The van der Waals surface area contributed by atoms with E-state index in [1.165, 1.54) is 16.7 Å². The lowest BCUT2D eigenvalue weighted by Crippen LogP contribution is -2.31. The summed E-state index contributed by atoms with van der Waals surface area (Å²) in [7, 11) is 0. The van der Waals surface area contributed by atoms with Crippen LogP contribution in [0.1, 0.15) is 36.6 Å². The second-order valence-corrected chi connectivity index (χ2v) is 5.64. The molecule has 2 aromatic carbocycles. The lowest BCUT2D eigenvalue weighted by Gasteiger charge is -2.18. The molecule has 0 heterocycles. The third-order valence-corrected chi connectivity index (χ3v) is 3.85. The van der Waals surface area contributed by atoms with Crippen molar-refractivity contribution in [2.24, 2.45) is 0 Å². The third-order valence-electron chi connectivity index (χ3n) is 3.63. The molecule has 0 amide bonds. The molecule has 1 unspecified atom stereocenters. The summed E-state index contributed by atoms with van der Waals surface area (Å²) in [6.07, 6.45) is 1.06. The fraction of sp³-hybridized carbons (Fsp3) is 0.278. The Bertz CT molecular complexity index is 605. The SMILES string of the molecule is CCc1ccc(C(C)NC(=S)Nc2ccccc2C)cc1. The quantitative estimate of drug-likeness (QED) is 0.806. The number of benzene rings is 2. The first-order chi connectivity index (χ1) is 10.1. The highest BCUT2D eigenvalue weighted by Crippen LogP contribution is 2.16. The first-order valence-electron chi connectivity index (χ1n) is 7.32. The van der Waals surface area contributed by atoms with E-state index in [9.17, 15) is 0 Å². The zero-order valence-electron chi connectivity index (χ0n) is 12.8. The Morgan fingerprint density at radius 1 is 1.10 bits per heavy atom. The third kappa shape index (κ3) is 4.30. The van der Waals surface area contributed by atoms with Crippen LogP contribution in [0.25, 0.3) is 0 Å². The average molecular weight is 298 g/mol. The summed E-state index contributed by atoms with van der Waals surface area (Å²) >= 11 is 5.40. The second kappa shape index (κ2) is 7.23. The van der Waals surface area contributed by atoms with Gasteiger partial charge in [0.05, 0.1) is 6.04 Å². The molecule has 0 aliphatic carbocycles. The number of hydrogen-bond donors (Lipinski definition) is 2. The van der Waals surface area contributed by atoms with Crippen molar-refractivity contribution in [3.63, 3.8) is 0 Å². The molecular formula is C18H22N2S. The van der Waals surface area contributed by atoms with Crippen LogP contribution in [0.3, 0.4) is 0 Å². The predicted molar refractivity (Wildman–Crippen MR) is 94.8 cm³/mol. The standard InChI is InChI=1S/C18H22N2S/c1-4-15-9-11-16(12-10-15)14(3)19-18(21)20-17-8-6-5-7-13(17)2/h5-12,14H,4H2,1-3H3,(H2,19,20,21). The molecule has 2 N–H and O–H groups in total. The van der Waals surface area contributed by atoms with Gasteiger partial charge < -0.3 is 10.6 Å². The predicted octanol–water partition coefficient (Wildman–Crippen LogP) is 4.61. The second-order valence-electron chi connectivity index (χ2n) is 5.23. The first kappa shape index (κ1) is 15.5. The van der Waals surface area contributed by atoms with Crippen LogP contribution >= 0.6 is 12.2 Å². The largest absolute Gasteiger partial charge is 0.356 e. The Balaban J connectivity index is 1.97. The van der Waals surface area contributed by atoms with Gasteiger partial charge in [-0.1, -0.05) is 49.4 Å². The molecule has 110 valence electrons. The topological polar surface area (TPSA) is 24.1 Å². The molecule has 0 bridgehead atoms. The maximum absolute atomic E-state index is 5.40. The molecule has 21 heavy (non-hydrogen) atoms. The summed E-state index contributed by atoms with van der Waals surface area (Å²) in [5.41, 5.74) is 4.82. The minimum absolute atomic E-state index is 0.180. The van der Waals surface area contributed by atoms with Gasteiger partial charge in [-0.2, -0.15) is 0 Å². The number of hydrogen-bond acceptors (Lipinski definition) is 1. The molecule has 0 aliphatic rings. The van der Waals surface area contributed by atoms with Crippen LogP contribution in [0.5, 0.6) is 0 Å². The highest BCUT2D eigenvalue weighted by Gasteiger charge is 2.07. The molecular weight excluding hydrogens is 276 g/mol. The van der Waals surface area contributed by atoms with Crippen LogP contribution in [0.4, 0.5) is 5.69 Å². The highest BCUT2D eigenvalue weighted by molar-refractivity contribution is 7.80. The van der Waals surface area contributed by atoms with Gasteiger partial charge in [-0.25, -0.2) is 0 Å². The monoisotopic (exact) mass is 298 g/mol.